The van der Waals surface area contributed by atoms with Crippen LogP contribution in [0.15, 0.2) is 22.8 Å². The fourth-order valence-corrected chi connectivity index (χ4v) is 3.60. The molecule has 2 nitrogen and oxygen atoms in total. The van der Waals surface area contributed by atoms with E-state index in [1.807, 2.05) is 0 Å². The van der Waals surface area contributed by atoms with E-state index in [4.69, 9.17) is 0 Å². The molecular weight excluding hydrogens is 290 g/mol. The molecule has 3 heteroatoms. The van der Waals surface area contributed by atoms with E-state index in [1.54, 1.807) is 0 Å². The molecule has 0 fully saturated rings. The van der Waals surface area contributed by atoms with Crippen LogP contribution in [-0.4, -0.2) is 16.3 Å². The molecule has 2 aromatic rings. The fourth-order valence-electron chi connectivity index (χ4n) is 3.10. The molecule has 1 N–H and O–H groups in total. The van der Waals surface area contributed by atoms with Crippen LogP contribution in [0.2, 0.25) is 0 Å². The van der Waals surface area contributed by atoms with Gasteiger partial charge in [-0.25, -0.2) is 0 Å². The van der Waals surface area contributed by atoms with E-state index >= 15 is 0 Å². The normalized spacial score (nSPS) is 16.2. The van der Waals surface area contributed by atoms with Crippen LogP contribution in [0.4, 0.5) is 0 Å². The van der Waals surface area contributed by atoms with Crippen LogP contribution in [0.3, 0.4) is 0 Å². The molecule has 1 aliphatic heterocycles. The summed E-state index contributed by atoms with van der Waals surface area (Å²) in [5, 5.41) is 10.9. The molecule has 0 spiro atoms. The summed E-state index contributed by atoms with van der Waals surface area (Å²) >= 11 is 3.61. The minimum Gasteiger partial charge on any atom is -0.396 e. The predicted molar refractivity (Wildman–Crippen MR) is 78.1 cm³/mol. The maximum atomic E-state index is 9.55. The van der Waals surface area contributed by atoms with Crippen LogP contribution in [0.1, 0.15) is 36.8 Å². The average Bonchev–Trinajstić information content (AvgIpc) is 2.72. The molecule has 1 unspecified atom stereocenters. The van der Waals surface area contributed by atoms with Gasteiger partial charge in [-0.05, 0) is 42.5 Å². The van der Waals surface area contributed by atoms with Crippen molar-refractivity contribution in [1.82, 2.24) is 4.57 Å². The number of aliphatic hydroxyl groups is 1. The van der Waals surface area contributed by atoms with E-state index in [0.29, 0.717) is 0 Å². The Morgan fingerprint density at radius 3 is 3.00 bits per heavy atom. The lowest BCUT2D eigenvalue weighted by atomic mass is 9.95. The zero-order valence-corrected chi connectivity index (χ0v) is 12.2. The second-order valence-corrected chi connectivity index (χ2v) is 6.05. The molecule has 18 heavy (non-hydrogen) atoms. The van der Waals surface area contributed by atoms with Crippen LogP contribution >= 0.6 is 15.9 Å². The minimum atomic E-state index is 0.234. The van der Waals surface area contributed by atoms with Gasteiger partial charge in [0.25, 0.3) is 0 Å². The third kappa shape index (κ3) is 1.81. The van der Waals surface area contributed by atoms with E-state index in [-0.39, 0.29) is 12.5 Å². The number of nitrogens with zero attached hydrogens (tertiary/aromatic N) is 1. The van der Waals surface area contributed by atoms with E-state index < -0.39 is 0 Å². The molecular formula is C15H18BrNO. The molecule has 0 amide bonds. The van der Waals surface area contributed by atoms with E-state index in [9.17, 15) is 5.11 Å². The summed E-state index contributed by atoms with van der Waals surface area (Å²) in [7, 11) is 0. The first-order valence-electron chi connectivity index (χ1n) is 6.66. The Bertz CT molecular complexity index is 584. The van der Waals surface area contributed by atoms with Crippen LogP contribution in [0.5, 0.6) is 0 Å². The summed E-state index contributed by atoms with van der Waals surface area (Å²) in [6.45, 7) is 3.48. The molecule has 3 rings (SSSR count). The molecule has 0 radical (unpaired) electrons. The SMILES string of the molecule is CCC(CO)c1cn2c3c(cc(Br)cc13)CCC2. The maximum absolute atomic E-state index is 9.55. The van der Waals surface area contributed by atoms with Crippen molar-refractivity contribution in [3.8, 4) is 0 Å². The first-order chi connectivity index (χ1) is 8.74. The van der Waals surface area contributed by atoms with Crippen molar-refractivity contribution in [1.29, 1.82) is 0 Å². The van der Waals surface area contributed by atoms with Crippen LogP contribution < -0.4 is 0 Å². The Balaban J connectivity index is 2.28. The first kappa shape index (κ1) is 12.2. The van der Waals surface area contributed by atoms with Crippen LogP contribution in [-0.2, 0) is 13.0 Å². The molecule has 1 aromatic heterocycles. The van der Waals surface area contributed by atoms with Gasteiger partial charge < -0.3 is 9.67 Å². The number of rotatable bonds is 3. The van der Waals surface area contributed by atoms with Crippen molar-refractivity contribution < 1.29 is 5.11 Å². The van der Waals surface area contributed by atoms with Gasteiger partial charge in [-0.1, -0.05) is 22.9 Å². The highest BCUT2D eigenvalue weighted by Gasteiger charge is 2.20. The van der Waals surface area contributed by atoms with E-state index in [2.05, 4.69) is 45.8 Å². The number of hydrogen-bond acceptors (Lipinski definition) is 1. The van der Waals surface area contributed by atoms with Gasteiger partial charge in [-0.15, -0.1) is 0 Å². The maximum Gasteiger partial charge on any atom is 0.0516 e. The number of aromatic nitrogens is 1. The number of hydrogen-bond donors (Lipinski definition) is 1. The highest BCUT2D eigenvalue weighted by atomic mass is 79.9. The molecule has 0 saturated carbocycles. The van der Waals surface area contributed by atoms with Crippen LogP contribution in [0, 0.1) is 0 Å². The monoisotopic (exact) mass is 307 g/mol. The minimum absolute atomic E-state index is 0.234. The lowest BCUT2D eigenvalue weighted by molar-refractivity contribution is 0.263. The van der Waals surface area contributed by atoms with Gasteiger partial charge in [-0.2, -0.15) is 0 Å². The Morgan fingerprint density at radius 2 is 2.28 bits per heavy atom. The van der Waals surface area contributed by atoms with Crippen molar-refractivity contribution in [2.75, 3.05) is 6.61 Å². The first-order valence-corrected chi connectivity index (χ1v) is 7.46. The van der Waals surface area contributed by atoms with E-state index in [1.165, 1.54) is 28.5 Å². The topological polar surface area (TPSA) is 25.2 Å². The van der Waals surface area contributed by atoms with E-state index in [0.717, 1.165) is 23.9 Å². The number of aliphatic hydroxyl groups excluding tert-OH is 1. The van der Waals surface area contributed by atoms with Crippen molar-refractivity contribution in [3.05, 3.63) is 33.9 Å². The van der Waals surface area contributed by atoms with Crippen molar-refractivity contribution in [3.63, 3.8) is 0 Å². The molecule has 96 valence electrons. The fraction of sp³-hybridized carbons (Fsp3) is 0.467. The van der Waals surface area contributed by atoms with Gasteiger partial charge in [0.15, 0.2) is 0 Å². The lowest BCUT2D eigenvalue weighted by Gasteiger charge is -2.15. The van der Waals surface area contributed by atoms with Gasteiger partial charge in [0, 0.05) is 35.1 Å². The third-order valence-electron chi connectivity index (χ3n) is 4.04. The Kier molecular flexibility index (Phi) is 3.20. The molecule has 0 aliphatic carbocycles. The summed E-state index contributed by atoms with van der Waals surface area (Å²) in [5.41, 5.74) is 4.12. The number of benzene rings is 1. The Morgan fingerprint density at radius 1 is 1.44 bits per heavy atom. The van der Waals surface area contributed by atoms with Gasteiger partial charge in [0.1, 0.15) is 0 Å². The Hall–Kier alpha value is -0.800. The zero-order chi connectivity index (χ0) is 12.7. The second-order valence-electron chi connectivity index (χ2n) is 5.13. The van der Waals surface area contributed by atoms with Crippen molar-refractivity contribution in [2.45, 2.75) is 38.6 Å². The number of halogens is 1. The summed E-state index contributed by atoms with van der Waals surface area (Å²) in [6, 6.07) is 4.44. The highest BCUT2D eigenvalue weighted by molar-refractivity contribution is 9.10. The summed E-state index contributed by atoms with van der Waals surface area (Å²) < 4.78 is 3.52. The average molecular weight is 308 g/mol. The zero-order valence-electron chi connectivity index (χ0n) is 10.6. The second kappa shape index (κ2) is 4.71. The number of aryl methyl sites for hydroxylation is 2. The van der Waals surface area contributed by atoms with Crippen molar-refractivity contribution >= 4 is 26.8 Å². The molecule has 0 bridgehead atoms. The molecule has 1 atom stereocenters. The third-order valence-corrected chi connectivity index (χ3v) is 4.50. The lowest BCUT2D eigenvalue weighted by Crippen LogP contribution is -2.06. The molecule has 0 saturated heterocycles. The van der Waals surface area contributed by atoms with Crippen molar-refractivity contribution in [2.24, 2.45) is 0 Å². The quantitative estimate of drug-likeness (QED) is 0.916. The largest absolute Gasteiger partial charge is 0.396 e. The summed E-state index contributed by atoms with van der Waals surface area (Å²) in [5.74, 6) is 0.258. The summed E-state index contributed by atoms with van der Waals surface area (Å²) in [6.07, 6.45) is 5.61. The predicted octanol–water partition coefficient (Wildman–Crippen LogP) is 3.84. The van der Waals surface area contributed by atoms with Gasteiger partial charge in [0.05, 0.1) is 5.52 Å². The molecule has 2 heterocycles. The van der Waals surface area contributed by atoms with Gasteiger partial charge in [0.2, 0.25) is 0 Å². The standard InChI is InChI=1S/C15H18BrNO/c1-2-10(9-18)14-8-17-5-3-4-11-6-12(16)7-13(14)15(11)17/h6-8,10,18H,2-5,9H2,1H3. The van der Waals surface area contributed by atoms with Gasteiger partial charge >= 0.3 is 0 Å². The smallest absolute Gasteiger partial charge is 0.0516 e. The summed E-state index contributed by atoms with van der Waals surface area (Å²) in [4.78, 5) is 0. The molecule has 1 aliphatic rings. The van der Waals surface area contributed by atoms with Gasteiger partial charge in [-0.3, -0.25) is 0 Å². The van der Waals surface area contributed by atoms with Crippen LogP contribution in [0.25, 0.3) is 10.9 Å². The Labute approximate surface area is 116 Å². The highest BCUT2D eigenvalue weighted by Crippen LogP contribution is 2.36. The molecule has 1 aromatic carbocycles.